The second kappa shape index (κ2) is 17.2. The molecule has 1 aromatic carbocycles. The minimum Gasteiger partial charge on any atom is -0.457 e. The summed E-state index contributed by atoms with van der Waals surface area (Å²) in [5.74, 6) is -5.08. The molecule has 3 fully saturated rings. The van der Waals surface area contributed by atoms with Crippen LogP contribution in [0.2, 0.25) is 0 Å². The molecule has 2 N–H and O–H groups in total. The average Bonchev–Trinajstić information content (AvgIpc) is 3.47. The predicted octanol–water partition coefficient (Wildman–Crippen LogP) is 5.11. The second-order valence-electron chi connectivity index (χ2n) is 16.4. The van der Waals surface area contributed by atoms with Gasteiger partial charge >= 0.3 is 12.1 Å². The Morgan fingerprint density at radius 3 is 2.44 bits per heavy atom. The average molecular weight is 766 g/mol. The summed E-state index contributed by atoms with van der Waals surface area (Å²) < 4.78 is 30.9. The molecule has 1 amide bonds. The van der Waals surface area contributed by atoms with Crippen molar-refractivity contribution in [2.75, 3.05) is 21.2 Å². The number of aromatic nitrogens is 1. The van der Waals surface area contributed by atoms with Crippen molar-refractivity contribution in [2.24, 2.45) is 23.7 Å². The lowest BCUT2D eigenvalue weighted by Gasteiger charge is -2.47. The van der Waals surface area contributed by atoms with Crippen LogP contribution in [0.4, 0.5) is 4.79 Å². The number of cyclic esters (lactones) is 1. The lowest BCUT2D eigenvalue weighted by atomic mass is 9.73. The van der Waals surface area contributed by atoms with E-state index in [9.17, 15) is 24.3 Å². The van der Waals surface area contributed by atoms with Gasteiger partial charge in [-0.25, -0.2) is 4.79 Å². The third-order valence-electron chi connectivity index (χ3n) is 12.1. The van der Waals surface area contributed by atoms with E-state index in [-0.39, 0.29) is 30.8 Å². The number of para-hydroxylation sites is 1. The summed E-state index contributed by atoms with van der Waals surface area (Å²) in [5.41, 5.74) is -0.931. The molecule has 13 nitrogen and oxygen atoms in total. The number of ether oxygens (including phenoxy) is 5. The Morgan fingerprint density at radius 2 is 1.75 bits per heavy atom. The second-order valence-corrected chi connectivity index (χ2v) is 16.4. The number of Topliss-reactive ketones (excluding diaryl/α,β-unsaturated/α-hetero) is 2. The van der Waals surface area contributed by atoms with Gasteiger partial charge in [0.2, 0.25) is 0 Å². The number of aliphatic hydroxyl groups excluding tert-OH is 1. The maximum atomic E-state index is 14.3. The van der Waals surface area contributed by atoms with Gasteiger partial charge in [0, 0.05) is 42.5 Å². The Kier molecular flexibility index (Phi) is 13.2. The number of amides is 1. The summed E-state index contributed by atoms with van der Waals surface area (Å²) in [7, 11) is 5.22. The van der Waals surface area contributed by atoms with Gasteiger partial charge in [-0.1, -0.05) is 51.1 Å². The number of methoxy groups -OCH3 is 1. The van der Waals surface area contributed by atoms with E-state index in [4.69, 9.17) is 23.7 Å². The lowest BCUT2D eigenvalue weighted by Crippen LogP contribution is -2.60. The maximum absolute atomic E-state index is 14.3. The first kappa shape index (κ1) is 42.4. The molecular formula is C42H59N3O10. The van der Waals surface area contributed by atoms with Gasteiger partial charge in [0.05, 0.1) is 29.4 Å². The highest BCUT2D eigenvalue weighted by atomic mass is 16.7. The van der Waals surface area contributed by atoms with E-state index < -0.39 is 83.4 Å². The number of carbonyl (C=O) groups is 4. The molecule has 4 heterocycles. The minimum atomic E-state index is -1.44. The van der Waals surface area contributed by atoms with Crippen LogP contribution in [0.25, 0.3) is 17.0 Å². The van der Waals surface area contributed by atoms with Gasteiger partial charge in [0.1, 0.15) is 23.9 Å². The zero-order valence-corrected chi connectivity index (χ0v) is 33.8. The van der Waals surface area contributed by atoms with E-state index in [1.807, 2.05) is 68.4 Å². The molecule has 13 atom stereocenters. The van der Waals surface area contributed by atoms with Crippen molar-refractivity contribution in [3.8, 4) is 0 Å². The summed E-state index contributed by atoms with van der Waals surface area (Å²) in [6, 6.07) is 8.70. The van der Waals surface area contributed by atoms with Crippen molar-refractivity contribution >= 4 is 40.6 Å². The number of allylic oxidation sites excluding steroid dienone is 1. The maximum Gasteiger partial charge on any atom is 0.408 e. The Labute approximate surface area is 324 Å². The molecule has 2 aromatic rings. The number of hydrogen-bond acceptors (Lipinski definition) is 12. The molecule has 0 saturated carbocycles. The third-order valence-corrected chi connectivity index (χ3v) is 12.1. The number of benzene rings is 1. The Morgan fingerprint density at radius 1 is 1.04 bits per heavy atom. The van der Waals surface area contributed by atoms with Crippen LogP contribution in [0, 0.1) is 23.7 Å². The smallest absolute Gasteiger partial charge is 0.408 e. The first-order valence-corrected chi connectivity index (χ1v) is 19.4. The number of aliphatic hydroxyl groups is 1. The number of hydrogen-bond donors (Lipinski definition) is 2. The van der Waals surface area contributed by atoms with Crippen LogP contribution >= 0.6 is 0 Å². The van der Waals surface area contributed by atoms with E-state index in [1.165, 1.54) is 14.0 Å². The fourth-order valence-corrected chi connectivity index (χ4v) is 8.69. The topological polar surface area (TPSA) is 163 Å². The zero-order chi connectivity index (χ0) is 40.4. The van der Waals surface area contributed by atoms with E-state index in [1.54, 1.807) is 40.8 Å². The standard InChI is InChI=1S/C42H59N3O10/c1-23-21-41(6,51-10)37(54-39-35(48)31(45(8)9)19-24(2)52-39)26(4)34(47)27(5)38(49)53-32(42(7)36(25(3)33(23)46)44-40(50)55-42)18-14-11-15-28-20-29-16-12-13-17-30(29)43-22-28/h11-13,15-17,20,22-27,31-32,35-37,39,48H,14,18-19,21H2,1-10H3,(H,44,50)/b15-11+/t23-,24?,25+,26+,27-,31?,32-,35?,36-,37-,39?,41-,42-/m1/s1. The van der Waals surface area contributed by atoms with Crippen molar-refractivity contribution in [1.82, 2.24) is 15.2 Å². The van der Waals surface area contributed by atoms with Gasteiger partial charge < -0.3 is 39.0 Å². The monoisotopic (exact) mass is 765 g/mol. The summed E-state index contributed by atoms with van der Waals surface area (Å²) >= 11 is 0. The molecule has 0 radical (unpaired) electrons. The summed E-state index contributed by atoms with van der Waals surface area (Å²) in [6.07, 6.45) is 1.73. The summed E-state index contributed by atoms with van der Waals surface area (Å²) in [6.45, 7) is 12.0. The molecule has 3 saturated heterocycles. The fourth-order valence-electron chi connectivity index (χ4n) is 8.69. The zero-order valence-electron chi connectivity index (χ0n) is 33.8. The normalized spacial score (nSPS) is 38.1. The van der Waals surface area contributed by atoms with Crippen molar-refractivity contribution in [3.63, 3.8) is 0 Å². The van der Waals surface area contributed by atoms with Gasteiger partial charge in [-0.05, 0) is 85.2 Å². The molecule has 3 aliphatic rings. The number of nitrogens with zero attached hydrogens (tertiary/aromatic N) is 2. The van der Waals surface area contributed by atoms with Gasteiger partial charge in [-0.3, -0.25) is 19.4 Å². The van der Waals surface area contributed by atoms with E-state index in [2.05, 4.69) is 10.3 Å². The van der Waals surface area contributed by atoms with E-state index in [0.29, 0.717) is 12.8 Å². The minimum absolute atomic E-state index is 0.124. The number of carbonyl (C=O) groups excluding carboxylic acids is 4. The first-order chi connectivity index (χ1) is 25.9. The third kappa shape index (κ3) is 8.96. The number of rotatable bonds is 8. The van der Waals surface area contributed by atoms with Crippen molar-refractivity contribution in [2.45, 2.75) is 128 Å². The van der Waals surface area contributed by atoms with Gasteiger partial charge in [0.25, 0.3) is 0 Å². The van der Waals surface area contributed by atoms with Gasteiger partial charge in [-0.15, -0.1) is 0 Å². The Hall–Kier alpha value is -3.75. The van der Waals surface area contributed by atoms with Crippen LogP contribution < -0.4 is 5.32 Å². The molecule has 1 aromatic heterocycles. The van der Waals surface area contributed by atoms with Crippen LogP contribution in [-0.4, -0.2) is 114 Å². The fraction of sp³-hybridized carbons (Fsp3) is 0.643. The largest absolute Gasteiger partial charge is 0.457 e. The van der Waals surface area contributed by atoms with Gasteiger partial charge in [-0.2, -0.15) is 0 Å². The lowest BCUT2D eigenvalue weighted by molar-refractivity contribution is -0.295. The number of esters is 1. The molecule has 0 aliphatic carbocycles. The molecule has 0 bridgehead atoms. The Bertz CT molecular complexity index is 1750. The van der Waals surface area contributed by atoms with Crippen molar-refractivity contribution in [3.05, 3.63) is 48.2 Å². The SMILES string of the molecule is CO[C@]1(C)C[C@@H](C)C(=O)[C@H](C)[C@H]2NC(=O)O[C@]2(C)[C@@H](CC/C=C/c2cnc3ccccc3c2)OC(=O)[C@H](C)C(=O)[C@H](C)[C@H]1OC1OC(C)CC(N(C)C)C1O. The van der Waals surface area contributed by atoms with Crippen LogP contribution in [0.15, 0.2) is 42.6 Å². The highest BCUT2D eigenvalue weighted by Crippen LogP contribution is 2.40. The number of fused-ring (bicyclic) bond motifs is 2. The number of pyridine rings is 1. The molecule has 55 heavy (non-hydrogen) atoms. The number of ketones is 2. The van der Waals surface area contributed by atoms with Crippen molar-refractivity contribution < 1.29 is 48.0 Å². The van der Waals surface area contributed by atoms with Gasteiger partial charge in [0.15, 0.2) is 17.7 Å². The quantitative estimate of drug-likeness (QED) is 0.270. The van der Waals surface area contributed by atoms with Crippen LogP contribution in [0.3, 0.4) is 0 Å². The predicted molar refractivity (Wildman–Crippen MR) is 206 cm³/mol. The summed E-state index contributed by atoms with van der Waals surface area (Å²) in [5, 5.41) is 15.2. The number of nitrogens with one attached hydrogen (secondary N) is 1. The molecule has 13 heteroatoms. The molecule has 4 unspecified atom stereocenters. The van der Waals surface area contributed by atoms with Crippen LogP contribution in [0.1, 0.15) is 79.7 Å². The summed E-state index contributed by atoms with van der Waals surface area (Å²) in [4.78, 5) is 62.1. The number of likely N-dealkylation sites (N-methyl/N-ethyl adjacent to an activating group) is 1. The van der Waals surface area contributed by atoms with E-state index >= 15 is 0 Å². The highest BCUT2D eigenvalue weighted by molar-refractivity contribution is 6.00. The van der Waals surface area contributed by atoms with E-state index in [0.717, 1.165) is 16.5 Å². The molecule has 5 rings (SSSR count). The molecular weight excluding hydrogens is 706 g/mol. The molecule has 302 valence electrons. The van der Waals surface area contributed by atoms with Crippen LogP contribution in [-0.2, 0) is 38.1 Å². The molecule has 3 aliphatic heterocycles. The van der Waals surface area contributed by atoms with Crippen molar-refractivity contribution in [1.29, 1.82) is 0 Å². The van der Waals surface area contributed by atoms with Crippen LogP contribution in [0.5, 0.6) is 0 Å². The first-order valence-electron chi connectivity index (χ1n) is 19.4. The molecule has 0 spiro atoms. The Balaban J connectivity index is 1.48. The highest BCUT2D eigenvalue weighted by Gasteiger charge is 2.57. The number of alkyl carbamates (subject to hydrolysis) is 1.